The number of anilines is 1. The standard InChI is InChI=1S/C17H18ClNO2/c1-20-17-10-11(19)6-8-16(17)21-15-9-7-14(18)12-4-2-3-5-13(12)15/h6-10H,2-5,19H2,1H3. The van der Waals surface area contributed by atoms with Crippen LogP contribution in [0.1, 0.15) is 24.0 Å². The number of methoxy groups -OCH3 is 1. The Hall–Kier alpha value is -1.87. The SMILES string of the molecule is COc1cc(N)ccc1Oc1ccc(Cl)c2c1CCCC2. The van der Waals surface area contributed by atoms with Gasteiger partial charge in [0.05, 0.1) is 7.11 Å². The molecule has 1 aliphatic carbocycles. The molecule has 0 fully saturated rings. The van der Waals surface area contributed by atoms with Gasteiger partial charge in [0.25, 0.3) is 0 Å². The molecule has 0 saturated heterocycles. The van der Waals surface area contributed by atoms with E-state index in [4.69, 9.17) is 26.8 Å². The maximum absolute atomic E-state index is 6.30. The number of halogens is 1. The molecule has 1 aliphatic rings. The van der Waals surface area contributed by atoms with Gasteiger partial charge in [-0.1, -0.05) is 11.6 Å². The van der Waals surface area contributed by atoms with E-state index in [-0.39, 0.29) is 0 Å². The molecule has 21 heavy (non-hydrogen) atoms. The summed E-state index contributed by atoms with van der Waals surface area (Å²) in [6.45, 7) is 0. The highest BCUT2D eigenvalue weighted by atomic mass is 35.5. The van der Waals surface area contributed by atoms with E-state index >= 15 is 0 Å². The maximum atomic E-state index is 6.30. The molecule has 110 valence electrons. The van der Waals surface area contributed by atoms with Crippen molar-refractivity contribution in [3.63, 3.8) is 0 Å². The van der Waals surface area contributed by atoms with E-state index in [9.17, 15) is 0 Å². The average molecular weight is 304 g/mol. The molecule has 0 unspecified atom stereocenters. The first-order valence-corrected chi connectivity index (χ1v) is 7.48. The molecule has 2 N–H and O–H groups in total. The van der Waals surface area contributed by atoms with Crippen molar-refractivity contribution in [2.75, 3.05) is 12.8 Å². The molecule has 4 heteroatoms. The second-order valence-corrected chi connectivity index (χ2v) is 5.63. The Balaban J connectivity index is 1.99. The Kier molecular flexibility index (Phi) is 3.93. The van der Waals surface area contributed by atoms with Crippen molar-refractivity contribution in [2.24, 2.45) is 0 Å². The van der Waals surface area contributed by atoms with Crippen molar-refractivity contribution in [2.45, 2.75) is 25.7 Å². The van der Waals surface area contributed by atoms with Gasteiger partial charge in [0.2, 0.25) is 0 Å². The molecule has 0 amide bonds. The highest BCUT2D eigenvalue weighted by Crippen LogP contribution is 2.39. The summed E-state index contributed by atoms with van der Waals surface area (Å²) >= 11 is 6.30. The van der Waals surface area contributed by atoms with Crippen LogP contribution >= 0.6 is 11.6 Å². The molecule has 0 radical (unpaired) electrons. The summed E-state index contributed by atoms with van der Waals surface area (Å²) in [6, 6.07) is 9.24. The van der Waals surface area contributed by atoms with E-state index in [2.05, 4.69) is 0 Å². The van der Waals surface area contributed by atoms with Crippen LogP contribution in [-0.2, 0) is 12.8 Å². The molecular formula is C17H18ClNO2. The van der Waals surface area contributed by atoms with E-state index in [0.29, 0.717) is 17.2 Å². The van der Waals surface area contributed by atoms with Gasteiger partial charge in [0.1, 0.15) is 5.75 Å². The molecule has 3 nitrogen and oxygen atoms in total. The van der Waals surface area contributed by atoms with Gasteiger partial charge in [0, 0.05) is 16.8 Å². The van der Waals surface area contributed by atoms with E-state index in [0.717, 1.165) is 23.6 Å². The van der Waals surface area contributed by atoms with Crippen molar-refractivity contribution in [3.8, 4) is 17.2 Å². The Morgan fingerprint density at radius 3 is 2.43 bits per heavy atom. The van der Waals surface area contributed by atoms with Gasteiger partial charge in [-0.15, -0.1) is 0 Å². The van der Waals surface area contributed by atoms with Gasteiger partial charge in [0.15, 0.2) is 11.5 Å². The lowest BCUT2D eigenvalue weighted by Gasteiger charge is -2.21. The molecule has 0 spiro atoms. The lowest BCUT2D eigenvalue weighted by molar-refractivity contribution is 0.377. The third-order valence-electron chi connectivity index (χ3n) is 3.84. The number of rotatable bonds is 3. The fourth-order valence-electron chi connectivity index (χ4n) is 2.77. The molecule has 2 aromatic carbocycles. The second kappa shape index (κ2) is 5.86. The lowest BCUT2D eigenvalue weighted by Crippen LogP contribution is -2.05. The number of nitrogens with two attached hydrogens (primary N) is 1. The van der Waals surface area contributed by atoms with Gasteiger partial charge >= 0.3 is 0 Å². The van der Waals surface area contributed by atoms with E-state index < -0.39 is 0 Å². The van der Waals surface area contributed by atoms with E-state index in [1.54, 1.807) is 19.2 Å². The third kappa shape index (κ3) is 2.79. The minimum absolute atomic E-state index is 0.634. The fourth-order valence-corrected chi connectivity index (χ4v) is 3.04. The first-order valence-electron chi connectivity index (χ1n) is 7.10. The fraction of sp³-hybridized carbons (Fsp3) is 0.294. The lowest BCUT2D eigenvalue weighted by atomic mass is 9.91. The van der Waals surface area contributed by atoms with Crippen LogP contribution in [0.5, 0.6) is 17.2 Å². The van der Waals surface area contributed by atoms with Crippen LogP contribution in [0.25, 0.3) is 0 Å². The highest BCUT2D eigenvalue weighted by molar-refractivity contribution is 6.31. The molecule has 0 bridgehead atoms. The number of fused-ring (bicyclic) bond motifs is 1. The maximum Gasteiger partial charge on any atom is 0.169 e. The van der Waals surface area contributed by atoms with Crippen LogP contribution in [0.15, 0.2) is 30.3 Å². The van der Waals surface area contributed by atoms with Gasteiger partial charge in [-0.25, -0.2) is 0 Å². The summed E-state index contributed by atoms with van der Waals surface area (Å²) < 4.78 is 11.4. The molecule has 0 aliphatic heterocycles. The first kappa shape index (κ1) is 14.1. The topological polar surface area (TPSA) is 44.5 Å². The van der Waals surface area contributed by atoms with Crippen molar-refractivity contribution >= 4 is 17.3 Å². The Morgan fingerprint density at radius 2 is 1.67 bits per heavy atom. The number of hydrogen-bond acceptors (Lipinski definition) is 3. The Labute approximate surface area is 129 Å². The summed E-state index contributed by atoms with van der Waals surface area (Å²) in [7, 11) is 1.61. The van der Waals surface area contributed by atoms with Crippen LogP contribution in [0, 0.1) is 0 Å². The van der Waals surface area contributed by atoms with Crippen molar-refractivity contribution in [1.29, 1.82) is 0 Å². The minimum Gasteiger partial charge on any atom is -0.493 e. The van der Waals surface area contributed by atoms with E-state index in [1.165, 1.54) is 24.0 Å². The molecule has 2 aromatic rings. The smallest absolute Gasteiger partial charge is 0.169 e. The average Bonchev–Trinajstić information content (AvgIpc) is 2.52. The predicted octanol–water partition coefficient (Wildman–Crippen LogP) is 4.60. The number of hydrogen-bond donors (Lipinski definition) is 1. The van der Waals surface area contributed by atoms with E-state index in [1.807, 2.05) is 18.2 Å². The summed E-state index contributed by atoms with van der Waals surface area (Å²) in [5, 5.41) is 0.835. The van der Waals surface area contributed by atoms with Crippen LogP contribution in [0.4, 0.5) is 5.69 Å². The van der Waals surface area contributed by atoms with Gasteiger partial charge < -0.3 is 15.2 Å². The third-order valence-corrected chi connectivity index (χ3v) is 4.20. The summed E-state index contributed by atoms with van der Waals surface area (Å²) in [4.78, 5) is 0. The van der Waals surface area contributed by atoms with Crippen molar-refractivity contribution in [3.05, 3.63) is 46.5 Å². The van der Waals surface area contributed by atoms with Crippen LogP contribution in [-0.4, -0.2) is 7.11 Å². The van der Waals surface area contributed by atoms with Crippen molar-refractivity contribution < 1.29 is 9.47 Å². The zero-order valence-electron chi connectivity index (χ0n) is 12.0. The highest BCUT2D eigenvalue weighted by Gasteiger charge is 2.18. The van der Waals surface area contributed by atoms with Crippen molar-refractivity contribution in [1.82, 2.24) is 0 Å². The van der Waals surface area contributed by atoms with Crippen LogP contribution in [0.3, 0.4) is 0 Å². The van der Waals surface area contributed by atoms with Gasteiger partial charge in [-0.2, -0.15) is 0 Å². The molecule has 0 aromatic heterocycles. The van der Waals surface area contributed by atoms with Gasteiger partial charge in [-0.3, -0.25) is 0 Å². The summed E-state index contributed by atoms with van der Waals surface area (Å²) in [6.07, 6.45) is 4.37. The predicted molar refractivity (Wildman–Crippen MR) is 85.6 cm³/mol. The molecule has 0 heterocycles. The molecular weight excluding hydrogens is 286 g/mol. The normalized spacial score (nSPS) is 13.6. The zero-order valence-corrected chi connectivity index (χ0v) is 12.7. The monoisotopic (exact) mass is 303 g/mol. The molecule has 0 saturated carbocycles. The molecule has 0 atom stereocenters. The Bertz CT molecular complexity index is 670. The van der Waals surface area contributed by atoms with Gasteiger partial charge in [-0.05, 0) is 61.1 Å². The summed E-state index contributed by atoms with van der Waals surface area (Å²) in [5.74, 6) is 2.16. The number of nitrogen functional groups attached to an aromatic ring is 1. The van der Waals surface area contributed by atoms with Crippen LogP contribution < -0.4 is 15.2 Å². The quantitative estimate of drug-likeness (QED) is 0.843. The van der Waals surface area contributed by atoms with Crippen LogP contribution in [0.2, 0.25) is 5.02 Å². The molecule has 3 rings (SSSR count). The second-order valence-electron chi connectivity index (χ2n) is 5.22. The zero-order chi connectivity index (χ0) is 14.8. The largest absolute Gasteiger partial charge is 0.493 e. The number of benzene rings is 2. The minimum atomic E-state index is 0.634. The summed E-state index contributed by atoms with van der Waals surface area (Å²) in [5.41, 5.74) is 8.86. The number of ether oxygens (including phenoxy) is 2. The first-order chi connectivity index (χ1) is 10.2. The Morgan fingerprint density at radius 1 is 0.952 bits per heavy atom.